The van der Waals surface area contributed by atoms with Crippen molar-refractivity contribution in [2.75, 3.05) is 11.1 Å². The quantitative estimate of drug-likeness (QED) is 0.373. The van der Waals surface area contributed by atoms with Crippen LogP contribution in [-0.2, 0) is 11.8 Å². The third-order valence-corrected chi connectivity index (χ3v) is 5.77. The molecule has 28 heavy (non-hydrogen) atoms. The number of rotatable bonds is 7. The molecule has 1 N–H and O–H groups in total. The largest absolute Gasteiger partial charge is 0.483 e. The SMILES string of the molecule is Cc1cc(I)ccc1NC(=O)CSc1nnc([C@H](C)Oc2ccccc2)n1C. The lowest BCUT2D eigenvalue weighted by Gasteiger charge is -2.14. The number of anilines is 1. The summed E-state index contributed by atoms with van der Waals surface area (Å²) in [6.45, 7) is 3.91. The van der Waals surface area contributed by atoms with Gasteiger partial charge in [0.15, 0.2) is 17.1 Å². The fraction of sp³-hybridized carbons (Fsp3) is 0.250. The first kappa shape index (κ1) is 20.7. The maximum absolute atomic E-state index is 12.3. The number of ether oxygens (including phenoxy) is 1. The van der Waals surface area contributed by atoms with Gasteiger partial charge in [-0.3, -0.25) is 4.79 Å². The molecule has 3 aromatic rings. The Morgan fingerprint density at radius 3 is 2.71 bits per heavy atom. The number of benzene rings is 2. The van der Waals surface area contributed by atoms with E-state index in [-0.39, 0.29) is 17.8 Å². The number of amides is 1. The number of hydrogen-bond donors (Lipinski definition) is 1. The zero-order valence-electron chi connectivity index (χ0n) is 15.8. The third-order valence-electron chi connectivity index (χ3n) is 4.08. The molecule has 1 amide bonds. The predicted molar refractivity (Wildman–Crippen MR) is 120 cm³/mol. The summed E-state index contributed by atoms with van der Waals surface area (Å²) >= 11 is 3.60. The smallest absolute Gasteiger partial charge is 0.234 e. The van der Waals surface area contributed by atoms with Crippen LogP contribution >= 0.6 is 34.4 Å². The molecule has 0 spiro atoms. The van der Waals surface area contributed by atoms with Crippen molar-refractivity contribution in [2.45, 2.75) is 25.1 Å². The molecule has 1 heterocycles. The molecule has 0 aliphatic carbocycles. The van der Waals surface area contributed by atoms with E-state index in [1.165, 1.54) is 11.8 Å². The van der Waals surface area contributed by atoms with Crippen LogP contribution in [0.25, 0.3) is 0 Å². The Kier molecular flexibility index (Phi) is 6.95. The topological polar surface area (TPSA) is 69.0 Å². The summed E-state index contributed by atoms with van der Waals surface area (Å²) in [7, 11) is 1.88. The van der Waals surface area contributed by atoms with Crippen LogP contribution in [0.5, 0.6) is 5.75 Å². The lowest BCUT2D eigenvalue weighted by Crippen LogP contribution is -2.15. The van der Waals surface area contributed by atoms with Crippen molar-refractivity contribution in [3.05, 3.63) is 63.5 Å². The van der Waals surface area contributed by atoms with Crippen LogP contribution in [0.2, 0.25) is 0 Å². The third kappa shape index (κ3) is 5.26. The molecular formula is C20H21IN4O2S. The lowest BCUT2D eigenvalue weighted by molar-refractivity contribution is -0.113. The van der Waals surface area contributed by atoms with Gasteiger partial charge in [0.2, 0.25) is 5.91 Å². The number of nitrogens with one attached hydrogen (secondary N) is 1. The van der Waals surface area contributed by atoms with Gasteiger partial charge >= 0.3 is 0 Å². The Labute approximate surface area is 182 Å². The van der Waals surface area contributed by atoms with E-state index in [0.717, 1.165) is 20.6 Å². The van der Waals surface area contributed by atoms with Crippen LogP contribution in [0.1, 0.15) is 24.4 Å². The van der Waals surface area contributed by atoms with Crippen molar-refractivity contribution in [1.82, 2.24) is 14.8 Å². The van der Waals surface area contributed by atoms with Gasteiger partial charge in [-0.05, 0) is 72.3 Å². The minimum atomic E-state index is -0.252. The van der Waals surface area contributed by atoms with E-state index in [9.17, 15) is 4.79 Å². The van der Waals surface area contributed by atoms with Crippen LogP contribution in [0.15, 0.2) is 53.7 Å². The van der Waals surface area contributed by atoms with Crippen LogP contribution in [0, 0.1) is 10.5 Å². The summed E-state index contributed by atoms with van der Waals surface area (Å²) in [5.74, 6) is 1.66. The van der Waals surface area contributed by atoms with Crippen molar-refractivity contribution in [1.29, 1.82) is 0 Å². The monoisotopic (exact) mass is 508 g/mol. The van der Waals surface area contributed by atoms with Crippen molar-refractivity contribution in [3.63, 3.8) is 0 Å². The molecule has 1 atom stereocenters. The Morgan fingerprint density at radius 1 is 1.25 bits per heavy atom. The molecular weight excluding hydrogens is 487 g/mol. The first-order chi connectivity index (χ1) is 13.4. The van der Waals surface area contributed by atoms with E-state index in [2.05, 4.69) is 38.1 Å². The molecule has 3 rings (SSSR count). The van der Waals surface area contributed by atoms with Crippen LogP contribution < -0.4 is 10.1 Å². The highest BCUT2D eigenvalue weighted by atomic mass is 127. The van der Waals surface area contributed by atoms with E-state index in [1.54, 1.807) is 0 Å². The summed E-state index contributed by atoms with van der Waals surface area (Å²) in [5.41, 5.74) is 1.87. The average molecular weight is 508 g/mol. The second-order valence-electron chi connectivity index (χ2n) is 6.27. The normalized spacial score (nSPS) is 11.9. The molecule has 0 aliphatic heterocycles. The first-order valence-electron chi connectivity index (χ1n) is 8.74. The van der Waals surface area contributed by atoms with Crippen LogP contribution in [0.4, 0.5) is 5.69 Å². The number of para-hydroxylation sites is 1. The highest BCUT2D eigenvalue weighted by molar-refractivity contribution is 14.1. The van der Waals surface area contributed by atoms with Gasteiger partial charge in [-0.15, -0.1) is 10.2 Å². The maximum Gasteiger partial charge on any atom is 0.234 e. The second kappa shape index (κ2) is 9.42. The minimum absolute atomic E-state index is 0.0764. The number of carbonyl (C=O) groups is 1. The average Bonchev–Trinajstić information content (AvgIpc) is 3.04. The zero-order chi connectivity index (χ0) is 20.1. The molecule has 0 unspecified atom stereocenters. The van der Waals surface area contributed by atoms with Gasteiger partial charge in [0.1, 0.15) is 5.75 Å². The molecule has 0 fully saturated rings. The molecule has 146 valence electrons. The molecule has 0 saturated carbocycles. The fourth-order valence-electron chi connectivity index (χ4n) is 2.65. The van der Waals surface area contributed by atoms with Gasteiger partial charge in [-0.25, -0.2) is 0 Å². The summed E-state index contributed by atoms with van der Waals surface area (Å²) in [5, 5.41) is 12.1. The predicted octanol–water partition coefficient (Wildman–Crippen LogP) is 4.60. The number of aromatic nitrogens is 3. The highest BCUT2D eigenvalue weighted by Gasteiger charge is 2.18. The summed E-state index contributed by atoms with van der Waals surface area (Å²) in [6.07, 6.45) is -0.252. The maximum atomic E-state index is 12.3. The van der Waals surface area contributed by atoms with E-state index in [0.29, 0.717) is 11.0 Å². The molecule has 1 aromatic heterocycles. The first-order valence-corrected chi connectivity index (χ1v) is 10.8. The molecule has 2 aromatic carbocycles. The van der Waals surface area contributed by atoms with Gasteiger partial charge in [-0.1, -0.05) is 30.0 Å². The van der Waals surface area contributed by atoms with Gasteiger partial charge in [0.05, 0.1) is 5.75 Å². The summed E-state index contributed by atoms with van der Waals surface area (Å²) in [4.78, 5) is 12.3. The van der Waals surface area contributed by atoms with E-state index in [1.807, 2.05) is 74.0 Å². The lowest BCUT2D eigenvalue weighted by atomic mass is 10.2. The molecule has 6 nitrogen and oxygen atoms in total. The molecule has 0 bridgehead atoms. The van der Waals surface area contributed by atoms with Crippen molar-refractivity contribution < 1.29 is 9.53 Å². The Hall–Kier alpha value is -2.07. The molecule has 8 heteroatoms. The number of nitrogens with zero attached hydrogens (tertiary/aromatic N) is 3. The summed E-state index contributed by atoms with van der Waals surface area (Å²) in [6, 6.07) is 15.5. The van der Waals surface area contributed by atoms with E-state index in [4.69, 9.17) is 4.74 Å². The van der Waals surface area contributed by atoms with Crippen LogP contribution in [0.3, 0.4) is 0 Å². The number of halogens is 1. The standard InChI is InChI=1S/C20H21IN4O2S/c1-13-11-15(21)9-10-17(13)22-18(26)12-28-20-24-23-19(25(20)3)14(2)27-16-7-5-4-6-8-16/h4-11,14H,12H2,1-3H3,(H,22,26)/t14-/m0/s1. The molecule has 0 radical (unpaired) electrons. The summed E-state index contributed by atoms with van der Waals surface area (Å²) < 4.78 is 8.91. The van der Waals surface area contributed by atoms with Gasteiger partial charge in [0, 0.05) is 16.3 Å². The van der Waals surface area contributed by atoms with Gasteiger partial charge < -0.3 is 14.6 Å². The van der Waals surface area contributed by atoms with Crippen molar-refractivity contribution in [2.24, 2.45) is 7.05 Å². The minimum Gasteiger partial charge on any atom is -0.483 e. The molecule has 0 saturated heterocycles. The van der Waals surface area contributed by atoms with Crippen molar-refractivity contribution in [3.8, 4) is 5.75 Å². The van der Waals surface area contributed by atoms with Crippen LogP contribution in [-0.4, -0.2) is 26.4 Å². The Balaban J connectivity index is 1.58. The van der Waals surface area contributed by atoms with Gasteiger partial charge in [-0.2, -0.15) is 0 Å². The van der Waals surface area contributed by atoms with E-state index >= 15 is 0 Å². The Bertz CT molecular complexity index is 962. The van der Waals surface area contributed by atoms with Crippen molar-refractivity contribution >= 4 is 45.9 Å². The second-order valence-corrected chi connectivity index (χ2v) is 8.46. The highest BCUT2D eigenvalue weighted by Crippen LogP contribution is 2.24. The Morgan fingerprint density at radius 2 is 2.00 bits per heavy atom. The molecule has 0 aliphatic rings. The number of carbonyl (C=O) groups excluding carboxylic acids is 1. The number of thioether (sulfide) groups is 1. The van der Waals surface area contributed by atoms with E-state index < -0.39 is 0 Å². The number of hydrogen-bond acceptors (Lipinski definition) is 5. The number of aryl methyl sites for hydroxylation is 1. The van der Waals surface area contributed by atoms with Gasteiger partial charge in [0.25, 0.3) is 0 Å². The zero-order valence-corrected chi connectivity index (χ0v) is 18.8. The fourth-order valence-corrected chi connectivity index (χ4v) is 4.01.